The molecule has 1 fully saturated rings. The van der Waals surface area contributed by atoms with Crippen LogP contribution in [0.25, 0.3) is 0 Å². The number of nitrogens with one attached hydrogen (secondary N) is 2. The van der Waals surface area contributed by atoms with Crippen LogP contribution in [0.5, 0.6) is 0 Å². The fourth-order valence-corrected chi connectivity index (χ4v) is 2.93. The highest BCUT2D eigenvalue weighted by Crippen LogP contribution is 2.17. The first-order chi connectivity index (χ1) is 13.5. The lowest BCUT2D eigenvalue weighted by atomic mass is 9.95. The van der Waals surface area contributed by atoms with Gasteiger partial charge in [-0.3, -0.25) is 14.4 Å². The van der Waals surface area contributed by atoms with Gasteiger partial charge in [-0.15, -0.1) is 0 Å². The number of rotatable bonds is 10. The molecular weight excluding hydrogens is 376 g/mol. The number of hydrogen-bond donors (Lipinski definition) is 2. The second kappa shape index (κ2) is 22.2. The van der Waals surface area contributed by atoms with E-state index in [1.54, 1.807) is 13.3 Å². The second-order valence-corrected chi connectivity index (χ2v) is 7.23. The summed E-state index contributed by atoms with van der Waals surface area (Å²) in [6.45, 7) is 7.32. The van der Waals surface area contributed by atoms with E-state index >= 15 is 0 Å². The van der Waals surface area contributed by atoms with E-state index in [1.165, 1.54) is 31.0 Å². The minimum absolute atomic E-state index is 0.0381. The molecule has 1 saturated carbocycles. The van der Waals surface area contributed by atoms with E-state index in [0.29, 0.717) is 38.3 Å². The van der Waals surface area contributed by atoms with E-state index in [1.807, 2.05) is 20.8 Å². The lowest BCUT2D eigenvalue weighted by molar-refractivity contribution is -0.122. The second-order valence-electron chi connectivity index (χ2n) is 6.37. The monoisotopic (exact) mass is 418 g/mol. The molecule has 1 aliphatic rings. The molecule has 0 atom stereocenters. The van der Waals surface area contributed by atoms with Crippen LogP contribution in [0.1, 0.15) is 85.0 Å². The van der Waals surface area contributed by atoms with Crippen molar-refractivity contribution in [3.05, 3.63) is 0 Å². The fourth-order valence-electron chi connectivity index (χ4n) is 2.58. The average Bonchev–Trinajstić information content (AvgIpc) is 2.73. The Balaban J connectivity index is 0. The van der Waals surface area contributed by atoms with Crippen molar-refractivity contribution in [3.63, 3.8) is 0 Å². The van der Waals surface area contributed by atoms with Crippen molar-refractivity contribution in [1.82, 2.24) is 10.6 Å². The molecule has 166 valence electrons. The number of thioether (sulfide) groups is 1. The van der Waals surface area contributed by atoms with Crippen LogP contribution in [-0.2, 0) is 19.1 Å². The highest BCUT2D eigenvalue weighted by Gasteiger charge is 2.15. The van der Waals surface area contributed by atoms with Gasteiger partial charge in [-0.25, -0.2) is 0 Å². The summed E-state index contributed by atoms with van der Waals surface area (Å²) in [6.07, 6.45) is 10.9. The first kappa shape index (κ1) is 29.1. The molecule has 6 nitrogen and oxygen atoms in total. The Hall–Kier alpha value is -1.08. The number of carbonyl (C=O) groups excluding carboxylic acids is 3. The van der Waals surface area contributed by atoms with E-state index < -0.39 is 0 Å². The Kier molecular flexibility index (Phi) is 23.1. The largest absolute Gasteiger partial charge is 0.381 e. The van der Waals surface area contributed by atoms with Gasteiger partial charge in [-0.2, -0.15) is 0 Å². The summed E-state index contributed by atoms with van der Waals surface area (Å²) in [5, 5.41) is 5.75. The topological polar surface area (TPSA) is 84.5 Å². The van der Waals surface area contributed by atoms with E-state index in [0.717, 1.165) is 25.9 Å². The molecular formula is C21H42N2O4S. The van der Waals surface area contributed by atoms with E-state index in [2.05, 4.69) is 10.6 Å². The summed E-state index contributed by atoms with van der Waals surface area (Å²) in [4.78, 5) is 33.2. The average molecular weight is 419 g/mol. The van der Waals surface area contributed by atoms with Crippen molar-refractivity contribution >= 4 is 28.7 Å². The predicted molar refractivity (Wildman–Crippen MR) is 119 cm³/mol. The zero-order chi connectivity index (χ0) is 21.6. The van der Waals surface area contributed by atoms with Gasteiger partial charge in [0.05, 0.1) is 6.61 Å². The van der Waals surface area contributed by atoms with Crippen molar-refractivity contribution in [2.45, 2.75) is 91.0 Å². The Morgan fingerprint density at radius 3 is 2.14 bits per heavy atom. The SMILES string of the molecule is CC.CCCOCCC(=O)NC.CSC(=O)CCCC(=O)NC1CCCCC1. The van der Waals surface area contributed by atoms with Crippen LogP contribution in [0, 0.1) is 0 Å². The molecule has 0 aromatic rings. The van der Waals surface area contributed by atoms with Gasteiger partial charge in [-0.1, -0.05) is 51.8 Å². The van der Waals surface area contributed by atoms with E-state index in [4.69, 9.17) is 4.74 Å². The first-order valence-corrected chi connectivity index (χ1v) is 11.9. The lowest BCUT2D eigenvalue weighted by Gasteiger charge is -2.22. The highest BCUT2D eigenvalue weighted by molar-refractivity contribution is 8.13. The summed E-state index contributed by atoms with van der Waals surface area (Å²) >= 11 is 1.24. The molecule has 0 radical (unpaired) electrons. The summed E-state index contributed by atoms with van der Waals surface area (Å²) in [5.74, 6) is 0.150. The van der Waals surface area contributed by atoms with Crippen molar-refractivity contribution in [2.75, 3.05) is 26.5 Å². The van der Waals surface area contributed by atoms with Crippen molar-refractivity contribution in [3.8, 4) is 0 Å². The molecule has 2 N–H and O–H groups in total. The molecule has 0 heterocycles. The number of ether oxygens (including phenoxy) is 1. The molecule has 7 heteroatoms. The minimum Gasteiger partial charge on any atom is -0.381 e. The van der Waals surface area contributed by atoms with Gasteiger partial charge in [0.15, 0.2) is 5.12 Å². The van der Waals surface area contributed by atoms with Crippen LogP contribution in [0.4, 0.5) is 0 Å². The molecule has 0 spiro atoms. The molecule has 0 saturated heterocycles. The van der Waals surface area contributed by atoms with E-state index in [9.17, 15) is 14.4 Å². The van der Waals surface area contributed by atoms with Crippen LogP contribution >= 0.6 is 11.8 Å². The first-order valence-electron chi connectivity index (χ1n) is 10.7. The smallest absolute Gasteiger partial charge is 0.222 e. The molecule has 0 aromatic carbocycles. The molecule has 1 aliphatic carbocycles. The summed E-state index contributed by atoms with van der Waals surface area (Å²) in [6, 6.07) is 0.387. The minimum atomic E-state index is 0.0381. The predicted octanol–water partition coefficient (Wildman–Crippen LogP) is 4.07. The highest BCUT2D eigenvalue weighted by atomic mass is 32.2. The van der Waals surface area contributed by atoms with Gasteiger partial charge in [0.2, 0.25) is 11.8 Å². The van der Waals surface area contributed by atoms with Crippen LogP contribution in [0.15, 0.2) is 0 Å². The fraction of sp³-hybridized carbons (Fsp3) is 0.857. The van der Waals surface area contributed by atoms with Crippen molar-refractivity contribution in [2.24, 2.45) is 0 Å². The van der Waals surface area contributed by atoms with E-state index in [-0.39, 0.29) is 16.9 Å². The molecule has 0 aromatic heterocycles. The lowest BCUT2D eigenvalue weighted by Crippen LogP contribution is -2.36. The maximum atomic E-state index is 11.6. The third kappa shape index (κ3) is 19.7. The number of amides is 2. The maximum Gasteiger partial charge on any atom is 0.222 e. The normalized spacial score (nSPS) is 13.3. The van der Waals surface area contributed by atoms with Gasteiger partial charge in [-0.05, 0) is 31.9 Å². The van der Waals surface area contributed by atoms with Crippen molar-refractivity contribution < 1.29 is 19.1 Å². The molecule has 28 heavy (non-hydrogen) atoms. The van der Waals surface area contributed by atoms with Crippen LogP contribution < -0.4 is 10.6 Å². The zero-order valence-electron chi connectivity index (χ0n) is 18.6. The molecule has 0 unspecified atom stereocenters. The van der Waals surface area contributed by atoms with Crippen LogP contribution in [0.3, 0.4) is 0 Å². The van der Waals surface area contributed by atoms with Gasteiger partial charge in [0.1, 0.15) is 0 Å². The number of carbonyl (C=O) groups is 3. The Morgan fingerprint density at radius 2 is 1.61 bits per heavy atom. The summed E-state index contributed by atoms with van der Waals surface area (Å²) < 4.78 is 5.09. The quantitative estimate of drug-likeness (QED) is 0.522. The molecule has 1 rings (SSSR count). The Bertz CT molecular complexity index is 400. The molecule has 2 amide bonds. The third-order valence-electron chi connectivity index (χ3n) is 4.08. The molecule has 0 bridgehead atoms. The standard InChI is InChI=1S/C12H21NO2S.C7H15NO2.C2H6/c1-16-12(15)9-5-8-11(14)13-10-6-3-2-4-7-10;1-3-5-10-6-4-7(9)8-2;1-2/h10H,2-9H2,1H3,(H,13,14);3-6H2,1-2H3,(H,8,9);1-2H3. The van der Waals surface area contributed by atoms with Gasteiger partial charge in [0.25, 0.3) is 0 Å². The maximum absolute atomic E-state index is 11.6. The van der Waals surface area contributed by atoms with Gasteiger partial charge >= 0.3 is 0 Å². The Morgan fingerprint density at radius 1 is 0.964 bits per heavy atom. The van der Waals surface area contributed by atoms with Crippen molar-refractivity contribution in [1.29, 1.82) is 0 Å². The van der Waals surface area contributed by atoms with Gasteiger partial charge < -0.3 is 15.4 Å². The number of hydrogen-bond acceptors (Lipinski definition) is 5. The third-order valence-corrected chi connectivity index (χ3v) is 4.74. The Labute approximate surface area is 176 Å². The van der Waals surface area contributed by atoms with Crippen LogP contribution in [-0.4, -0.2) is 49.5 Å². The molecule has 0 aliphatic heterocycles. The summed E-state index contributed by atoms with van der Waals surface area (Å²) in [7, 11) is 1.63. The zero-order valence-corrected chi connectivity index (χ0v) is 19.4. The van der Waals surface area contributed by atoms with Crippen LogP contribution in [0.2, 0.25) is 0 Å². The van der Waals surface area contributed by atoms with Gasteiger partial charge in [0, 0.05) is 39.0 Å². The summed E-state index contributed by atoms with van der Waals surface area (Å²) in [5.41, 5.74) is 0.